The molecule has 0 saturated heterocycles. The van der Waals surface area contributed by atoms with Crippen LogP contribution in [0.5, 0.6) is 0 Å². The highest BCUT2D eigenvalue weighted by Crippen LogP contribution is 2.19. The molecule has 0 spiro atoms. The monoisotopic (exact) mass is 243 g/mol. The van der Waals surface area contributed by atoms with Crippen molar-refractivity contribution in [1.82, 2.24) is 4.98 Å². The molecule has 0 unspecified atom stereocenters. The third-order valence-electron chi connectivity index (χ3n) is 2.62. The van der Waals surface area contributed by atoms with Gasteiger partial charge in [0.25, 0.3) is 0 Å². The van der Waals surface area contributed by atoms with Gasteiger partial charge in [-0.3, -0.25) is 4.79 Å². The van der Waals surface area contributed by atoms with Crippen molar-refractivity contribution >= 4 is 5.97 Å². The van der Waals surface area contributed by atoms with Crippen LogP contribution in [0, 0.1) is 6.92 Å². The lowest BCUT2D eigenvalue weighted by Crippen LogP contribution is -2.19. The van der Waals surface area contributed by atoms with Gasteiger partial charge < -0.3 is 9.72 Å². The molecule has 0 saturated carbocycles. The maximum atomic E-state index is 11.9. The number of methoxy groups -OCH3 is 1. The zero-order valence-corrected chi connectivity index (χ0v) is 10.2. The molecule has 0 aliphatic carbocycles. The van der Waals surface area contributed by atoms with Crippen LogP contribution in [0.3, 0.4) is 0 Å². The SMILES string of the molecule is COC(=O)c1c(-c2ccccc2)[nH]c(C)cc1=O. The third kappa shape index (κ3) is 2.18. The molecule has 4 nitrogen and oxygen atoms in total. The predicted octanol–water partition coefficient (Wildman–Crippen LogP) is 2.14. The zero-order chi connectivity index (χ0) is 13.1. The summed E-state index contributed by atoms with van der Waals surface area (Å²) in [5.74, 6) is -0.630. The van der Waals surface area contributed by atoms with E-state index in [1.54, 1.807) is 6.92 Å². The quantitative estimate of drug-likeness (QED) is 0.822. The van der Waals surface area contributed by atoms with Crippen LogP contribution in [0.2, 0.25) is 0 Å². The van der Waals surface area contributed by atoms with Crippen LogP contribution in [0.25, 0.3) is 11.3 Å². The molecule has 1 heterocycles. The first kappa shape index (κ1) is 12.1. The molecule has 18 heavy (non-hydrogen) atoms. The molecule has 0 amide bonds. The van der Waals surface area contributed by atoms with E-state index in [2.05, 4.69) is 9.72 Å². The lowest BCUT2D eigenvalue weighted by Gasteiger charge is -2.08. The molecule has 0 bridgehead atoms. The summed E-state index contributed by atoms with van der Waals surface area (Å²) in [4.78, 5) is 26.7. The van der Waals surface area contributed by atoms with E-state index in [1.165, 1.54) is 13.2 Å². The summed E-state index contributed by atoms with van der Waals surface area (Å²) < 4.78 is 4.66. The summed E-state index contributed by atoms with van der Waals surface area (Å²) in [6.07, 6.45) is 0. The molecular weight excluding hydrogens is 230 g/mol. The summed E-state index contributed by atoms with van der Waals surface area (Å²) in [5.41, 5.74) is 1.67. The minimum absolute atomic E-state index is 0.0364. The third-order valence-corrected chi connectivity index (χ3v) is 2.62. The predicted molar refractivity (Wildman–Crippen MR) is 68.6 cm³/mol. The van der Waals surface area contributed by atoms with Crippen molar-refractivity contribution in [3.8, 4) is 11.3 Å². The normalized spacial score (nSPS) is 10.1. The van der Waals surface area contributed by atoms with E-state index < -0.39 is 5.97 Å². The first-order valence-corrected chi connectivity index (χ1v) is 5.51. The van der Waals surface area contributed by atoms with Crippen molar-refractivity contribution < 1.29 is 9.53 Å². The summed E-state index contributed by atoms with van der Waals surface area (Å²) in [7, 11) is 1.26. The van der Waals surface area contributed by atoms with Gasteiger partial charge in [0, 0.05) is 11.8 Å². The highest BCUT2D eigenvalue weighted by Gasteiger charge is 2.18. The Hall–Kier alpha value is -2.36. The number of aromatic nitrogens is 1. The van der Waals surface area contributed by atoms with Gasteiger partial charge in [-0.2, -0.15) is 0 Å². The molecule has 2 aromatic rings. The van der Waals surface area contributed by atoms with E-state index in [0.29, 0.717) is 11.4 Å². The smallest absolute Gasteiger partial charge is 0.344 e. The summed E-state index contributed by atoms with van der Waals surface area (Å²) in [6, 6.07) is 10.6. The average Bonchev–Trinajstić information content (AvgIpc) is 2.38. The fourth-order valence-electron chi connectivity index (χ4n) is 1.81. The van der Waals surface area contributed by atoms with Crippen molar-refractivity contribution in [1.29, 1.82) is 0 Å². The molecule has 0 fully saturated rings. The number of carbonyl (C=O) groups excluding carboxylic acids is 1. The van der Waals surface area contributed by atoms with Crippen molar-refractivity contribution in [3.05, 3.63) is 57.9 Å². The number of hydrogen-bond acceptors (Lipinski definition) is 3. The number of hydrogen-bond donors (Lipinski definition) is 1. The molecule has 1 aromatic carbocycles. The van der Waals surface area contributed by atoms with E-state index in [4.69, 9.17) is 0 Å². The Morgan fingerprint density at radius 2 is 1.89 bits per heavy atom. The van der Waals surface area contributed by atoms with Crippen molar-refractivity contribution in [2.75, 3.05) is 7.11 Å². The number of benzene rings is 1. The van der Waals surface area contributed by atoms with Crippen LogP contribution in [0.1, 0.15) is 16.1 Å². The fourth-order valence-corrected chi connectivity index (χ4v) is 1.81. The van der Waals surface area contributed by atoms with Crippen LogP contribution in [0.15, 0.2) is 41.2 Å². The van der Waals surface area contributed by atoms with Gasteiger partial charge in [-0.1, -0.05) is 30.3 Å². The topological polar surface area (TPSA) is 59.2 Å². The van der Waals surface area contributed by atoms with E-state index >= 15 is 0 Å². The fraction of sp³-hybridized carbons (Fsp3) is 0.143. The number of ether oxygens (including phenoxy) is 1. The van der Waals surface area contributed by atoms with Gasteiger partial charge >= 0.3 is 5.97 Å². The molecule has 1 aromatic heterocycles. The minimum atomic E-state index is -0.630. The van der Waals surface area contributed by atoms with E-state index in [-0.39, 0.29) is 11.0 Å². The van der Waals surface area contributed by atoms with Crippen LogP contribution in [0.4, 0.5) is 0 Å². The Kier molecular flexibility index (Phi) is 3.28. The summed E-state index contributed by atoms with van der Waals surface area (Å²) >= 11 is 0. The number of esters is 1. The van der Waals surface area contributed by atoms with Crippen molar-refractivity contribution in [2.24, 2.45) is 0 Å². The molecule has 1 N–H and O–H groups in total. The number of pyridine rings is 1. The Bertz CT molecular complexity index is 629. The Morgan fingerprint density at radius 1 is 1.22 bits per heavy atom. The second-order valence-corrected chi connectivity index (χ2v) is 3.92. The highest BCUT2D eigenvalue weighted by atomic mass is 16.5. The maximum absolute atomic E-state index is 11.9. The van der Waals surface area contributed by atoms with Crippen LogP contribution in [-0.2, 0) is 4.74 Å². The van der Waals surface area contributed by atoms with E-state index in [0.717, 1.165) is 5.56 Å². The number of carbonyl (C=O) groups is 1. The van der Waals surface area contributed by atoms with Gasteiger partial charge in [0.15, 0.2) is 5.43 Å². The maximum Gasteiger partial charge on any atom is 0.344 e. The second-order valence-electron chi connectivity index (χ2n) is 3.92. The molecular formula is C14H13NO3. The van der Waals surface area contributed by atoms with E-state index in [9.17, 15) is 9.59 Å². The average molecular weight is 243 g/mol. The van der Waals surface area contributed by atoms with Gasteiger partial charge in [0.2, 0.25) is 0 Å². The Balaban J connectivity index is 2.73. The van der Waals surface area contributed by atoms with Gasteiger partial charge in [-0.15, -0.1) is 0 Å². The Labute approximate surface area is 104 Å². The van der Waals surface area contributed by atoms with E-state index in [1.807, 2.05) is 30.3 Å². The number of nitrogens with one attached hydrogen (secondary N) is 1. The highest BCUT2D eigenvalue weighted by molar-refractivity contribution is 5.95. The molecule has 0 aliphatic heterocycles. The standard InChI is InChI=1S/C14H13NO3/c1-9-8-11(16)12(14(17)18-2)13(15-9)10-6-4-3-5-7-10/h3-8H,1-2H3,(H,15,16). The largest absolute Gasteiger partial charge is 0.465 e. The van der Waals surface area contributed by atoms with Crippen molar-refractivity contribution in [3.63, 3.8) is 0 Å². The number of aromatic amines is 1. The Morgan fingerprint density at radius 3 is 2.50 bits per heavy atom. The van der Waals surface area contributed by atoms with Gasteiger partial charge in [-0.25, -0.2) is 4.79 Å². The lowest BCUT2D eigenvalue weighted by atomic mass is 10.0. The number of aryl methyl sites for hydroxylation is 1. The van der Waals surface area contributed by atoms with Crippen LogP contribution >= 0.6 is 0 Å². The van der Waals surface area contributed by atoms with Gasteiger partial charge in [0.05, 0.1) is 12.8 Å². The van der Waals surface area contributed by atoms with Crippen molar-refractivity contribution in [2.45, 2.75) is 6.92 Å². The van der Waals surface area contributed by atoms with Crippen LogP contribution in [-0.4, -0.2) is 18.1 Å². The molecule has 0 aliphatic rings. The molecule has 2 rings (SSSR count). The summed E-state index contributed by atoms with van der Waals surface area (Å²) in [6.45, 7) is 1.77. The molecule has 0 atom stereocenters. The molecule has 4 heteroatoms. The zero-order valence-electron chi connectivity index (χ0n) is 10.2. The van der Waals surface area contributed by atoms with Gasteiger partial charge in [0.1, 0.15) is 5.56 Å². The molecule has 92 valence electrons. The minimum Gasteiger partial charge on any atom is -0.465 e. The first-order valence-electron chi connectivity index (χ1n) is 5.51. The number of rotatable bonds is 2. The van der Waals surface area contributed by atoms with Crippen LogP contribution < -0.4 is 5.43 Å². The number of H-pyrrole nitrogens is 1. The lowest BCUT2D eigenvalue weighted by molar-refractivity contribution is 0.0600. The first-order chi connectivity index (χ1) is 8.63. The second kappa shape index (κ2) is 4.87. The molecule has 0 radical (unpaired) electrons. The summed E-state index contributed by atoms with van der Waals surface area (Å²) in [5, 5.41) is 0. The van der Waals surface area contributed by atoms with Gasteiger partial charge in [-0.05, 0) is 12.5 Å².